The lowest BCUT2D eigenvalue weighted by Gasteiger charge is -2.41. The van der Waals surface area contributed by atoms with Gasteiger partial charge in [-0.25, -0.2) is 15.0 Å². The van der Waals surface area contributed by atoms with E-state index >= 15 is 0 Å². The lowest BCUT2D eigenvalue weighted by Crippen LogP contribution is -2.54. The first-order valence-electron chi connectivity index (χ1n) is 17.8. The molecule has 3 atom stereocenters. The fourth-order valence-corrected chi connectivity index (χ4v) is 7.74. The Labute approximate surface area is 306 Å². The quantitative estimate of drug-likeness (QED) is 0.103. The number of hydrogen-bond acceptors (Lipinski definition) is 7. The third kappa shape index (κ3) is 6.94. The number of fused-ring (bicyclic) bond motifs is 1. The predicted molar refractivity (Wildman–Crippen MR) is 208 cm³/mol. The molecular weight excluding hydrogens is 665 g/mol. The monoisotopic (exact) mass is 710 g/mol. The zero-order valence-electron chi connectivity index (χ0n) is 30.4. The number of carbonyl (C=O) groups excluding carboxylic acids is 1. The molecule has 3 heterocycles. The third-order valence-corrected chi connectivity index (χ3v) is 15.1. The Morgan fingerprint density at radius 3 is 1.88 bits per heavy atom. The van der Waals surface area contributed by atoms with Gasteiger partial charge in [0.25, 0.3) is 5.91 Å². The van der Waals surface area contributed by atoms with Crippen molar-refractivity contribution in [1.82, 2.24) is 24.8 Å². The SMILES string of the molecule is CC(C)(C)[Si](C)(C)OC[C@H]1O[C@@H](n2cnc3c(NC(=O)c4ccccc4)ncnc32)C[C@@H]1NC(c1ccccc1)(c1ccccc1)c1ccccc1. The smallest absolute Gasteiger partial charge is 0.256 e. The molecule has 10 heteroatoms. The molecule has 6 aromatic rings. The summed E-state index contributed by atoms with van der Waals surface area (Å²) in [6, 6.07) is 40.7. The van der Waals surface area contributed by atoms with Gasteiger partial charge in [0.15, 0.2) is 25.3 Å². The summed E-state index contributed by atoms with van der Waals surface area (Å²) in [6.07, 6.45) is 3.08. The first-order valence-corrected chi connectivity index (χ1v) is 20.8. The highest BCUT2D eigenvalue weighted by Gasteiger charge is 2.46. The molecule has 1 aliphatic heterocycles. The Hall–Kier alpha value is -5.00. The van der Waals surface area contributed by atoms with Crippen LogP contribution in [0.1, 0.15) is 60.5 Å². The van der Waals surface area contributed by atoms with E-state index in [4.69, 9.17) is 14.1 Å². The van der Waals surface area contributed by atoms with Crippen LogP contribution in [0.25, 0.3) is 11.2 Å². The summed E-state index contributed by atoms with van der Waals surface area (Å²) < 4.78 is 15.8. The normalized spacial score (nSPS) is 18.1. The number of imidazole rings is 1. The van der Waals surface area contributed by atoms with E-state index in [0.717, 1.165) is 16.7 Å². The van der Waals surface area contributed by atoms with Gasteiger partial charge in [-0.1, -0.05) is 130 Å². The van der Waals surface area contributed by atoms with E-state index < -0.39 is 20.1 Å². The molecule has 266 valence electrons. The Morgan fingerprint density at radius 1 is 0.808 bits per heavy atom. The first-order chi connectivity index (χ1) is 25.1. The Kier molecular flexibility index (Phi) is 9.91. The van der Waals surface area contributed by atoms with Gasteiger partial charge in [0.1, 0.15) is 12.6 Å². The molecule has 1 fully saturated rings. The number of hydrogen-bond donors (Lipinski definition) is 2. The summed E-state index contributed by atoms with van der Waals surface area (Å²) in [5.41, 5.74) is 4.28. The first kappa shape index (κ1) is 35.4. The molecule has 2 aromatic heterocycles. The highest BCUT2D eigenvalue weighted by molar-refractivity contribution is 6.74. The molecule has 0 aliphatic carbocycles. The van der Waals surface area contributed by atoms with Gasteiger partial charge in [-0.05, 0) is 47.0 Å². The largest absolute Gasteiger partial charge is 0.414 e. The van der Waals surface area contributed by atoms with Crippen LogP contribution in [-0.2, 0) is 14.7 Å². The van der Waals surface area contributed by atoms with Gasteiger partial charge in [0, 0.05) is 18.0 Å². The number of rotatable bonds is 11. The number of nitrogens with one attached hydrogen (secondary N) is 2. The molecule has 0 radical (unpaired) electrons. The molecule has 0 bridgehead atoms. The number of carbonyl (C=O) groups is 1. The fourth-order valence-electron chi connectivity index (χ4n) is 6.73. The van der Waals surface area contributed by atoms with E-state index in [-0.39, 0.29) is 23.1 Å². The molecule has 1 amide bonds. The minimum absolute atomic E-state index is 0.0356. The average molecular weight is 711 g/mol. The van der Waals surface area contributed by atoms with Crippen molar-refractivity contribution in [3.63, 3.8) is 0 Å². The second-order valence-corrected chi connectivity index (χ2v) is 19.7. The van der Waals surface area contributed by atoms with Gasteiger partial charge in [-0.15, -0.1) is 0 Å². The summed E-state index contributed by atoms with van der Waals surface area (Å²) in [7, 11) is -2.12. The highest BCUT2D eigenvalue weighted by atomic mass is 28.4. The van der Waals surface area contributed by atoms with Gasteiger partial charge < -0.3 is 14.5 Å². The van der Waals surface area contributed by atoms with Crippen LogP contribution in [0.2, 0.25) is 18.1 Å². The summed E-state index contributed by atoms with van der Waals surface area (Å²) >= 11 is 0. The second-order valence-electron chi connectivity index (χ2n) is 14.9. The number of benzene rings is 4. The van der Waals surface area contributed by atoms with Crippen molar-refractivity contribution in [2.75, 3.05) is 11.9 Å². The number of amides is 1. The van der Waals surface area contributed by atoms with Crippen LogP contribution in [0.3, 0.4) is 0 Å². The Morgan fingerprint density at radius 2 is 1.35 bits per heavy atom. The molecule has 0 saturated carbocycles. The van der Waals surface area contributed by atoms with E-state index in [1.807, 2.05) is 22.8 Å². The Balaban J connectivity index is 1.28. The summed E-state index contributed by atoms with van der Waals surface area (Å²) in [5, 5.41) is 7.15. The number of aromatic nitrogens is 4. The van der Waals surface area contributed by atoms with Crippen molar-refractivity contribution in [1.29, 1.82) is 0 Å². The summed E-state index contributed by atoms with van der Waals surface area (Å²) in [5.74, 6) is 0.0813. The van der Waals surface area contributed by atoms with Crippen molar-refractivity contribution in [3.8, 4) is 0 Å². The van der Waals surface area contributed by atoms with E-state index in [9.17, 15) is 4.79 Å². The van der Waals surface area contributed by atoms with Crippen molar-refractivity contribution in [3.05, 3.63) is 156 Å². The topological polar surface area (TPSA) is 103 Å². The lowest BCUT2D eigenvalue weighted by atomic mass is 9.76. The maximum atomic E-state index is 13.1. The van der Waals surface area contributed by atoms with Gasteiger partial charge in [0.2, 0.25) is 0 Å². The predicted octanol–water partition coefficient (Wildman–Crippen LogP) is 8.34. The molecule has 0 spiro atoms. The maximum absolute atomic E-state index is 13.1. The van der Waals surface area contributed by atoms with Gasteiger partial charge in [-0.2, -0.15) is 0 Å². The zero-order valence-corrected chi connectivity index (χ0v) is 31.4. The van der Waals surface area contributed by atoms with Crippen molar-refractivity contribution in [2.24, 2.45) is 0 Å². The van der Waals surface area contributed by atoms with Crippen molar-refractivity contribution < 1.29 is 14.0 Å². The van der Waals surface area contributed by atoms with Crippen molar-refractivity contribution >= 4 is 31.2 Å². The highest BCUT2D eigenvalue weighted by Crippen LogP contribution is 2.42. The zero-order chi connectivity index (χ0) is 36.3. The van der Waals surface area contributed by atoms with Crippen LogP contribution in [0.15, 0.2) is 134 Å². The van der Waals surface area contributed by atoms with E-state index in [0.29, 0.717) is 35.6 Å². The van der Waals surface area contributed by atoms with Crippen molar-refractivity contribution in [2.45, 2.75) is 69.2 Å². The Bertz CT molecular complexity index is 2010. The number of nitrogens with zero attached hydrogens (tertiary/aromatic N) is 4. The van der Waals surface area contributed by atoms with E-state index in [2.05, 4.69) is 145 Å². The third-order valence-electron chi connectivity index (χ3n) is 10.6. The van der Waals surface area contributed by atoms with Crippen LogP contribution >= 0.6 is 0 Å². The van der Waals surface area contributed by atoms with E-state index in [1.165, 1.54) is 6.33 Å². The maximum Gasteiger partial charge on any atom is 0.256 e. The standard InChI is InChI=1S/C42H46N6O3Si/c1-41(2,3)52(4,5)50-27-35-34(47-42(31-20-12-7-13-21-31,32-22-14-8-15-23-32)33-24-16-9-17-25-33)26-36(51-35)48-29-45-37-38(43-28-44-39(37)48)46-40(49)30-18-10-6-11-19-30/h6-25,28-29,34-36,47H,26-27H2,1-5H3,(H,43,44,46,49)/t34-,35+,36+/m0/s1. The molecule has 1 aliphatic rings. The van der Waals surface area contributed by atoms with Crippen LogP contribution in [0, 0.1) is 0 Å². The van der Waals surface area contributed by atoms with E-state index in [1.54, 1.807) is 18.5 Å². The molecule has 7 rings (SSSR count). The van der Waals surface area contributed by atoms with Gasteiger partial charge in [0.05, 0.1) is 24.6 Å². The lowest BCUT2D eigenvalue weighted by molar-refractivity contribution is -0.0238. The minimum Gasteiger partial charge on any atom is -0.414 e. The molecule has 1 saturated heterocycles. The van der Waals surface area contributed by atoms with Crippen LogP contribution in [-0.4, -0.2) is 52.5 Å². The average Bonchev–Trinajstić information content (AvgIpc) is 3.78. The van der Waals surface area contributed by atoms with Crippen LogP contribution in [0.4, 0.5) is 5.82 Å². The van der Waals surface area contributed by atoms with Gasteiger partial charge >= 0.3 is 0 Å². The second kappa shape index (κ2) is 14.6. The number of ether oxygens (including phenoxy) is 1. The molecule has 0 unspecified atom stereocenters. The van der Waals surface area contributed by atoms with Gasteiger partial charge in [-0.3, -0.25) is 14.7 Å². The number of anilines is 1. The fraction of sp³-hybridized carbons (Fsp3) is 0.286. The molecule has 9 nitrogen and oxygen atoms in total. The molecular formula is C42H46N6O3Si. The summed E-state index contributed by atoms with van der Waals surface area (Å²) in [6.45, 7) is 11.7. The molecule has 2 N–H and O–H groups in total. The molecule has 52 heavy (non-hydrogen) atoms. The van der Waals surface area contributed by atoms with Crippen LogP contribution in [0.5, 0.6) is 0 Å². The molecule has 4 aromatic carbocycles. The summed E-state index contributed by atoms with van der Waals surface area (Å²) in [4.78, 5) is 26.8. The van der Waals surface area contributed by atoms with Crippen LogP contribution < -0.4 is 10.6 Å². The minimum atomic E-state index is -2.12.